The van der Waals surface area contributed by atoms with Crippen molar-refractivity contribution in [2.75, 3.05) is 33.1 Å². The van der Waals surface area contributed by atoms with Crippen LogP contribution in [0.5, 0.6) is 11.5 Å². The van der Waals surface area contributed by atoms with Gasteiger partial charge in [-0.2, -0.15) is 0 Å². The van der Waals surface area contributed by atoms with Gasteiger partial charge >= 0.3 is 0 Å². The molecule has 0 aromatic heterocycles. The molecule has 0 spiro atoms. The van der Waals surface area contributed by atoms with Crippen LogP contribution in [0.1, 0.15) is 22.8 Å². The molecule has 0 aliphatic carbocycles. The third kappa shape index (κ3) is 4.79. The number of fused-ring (bicyclic) bond motifs is 1. The molecule has 1 aliphatic heterocycles. The standard InChI is InChI=1S/C22H22FNO4S/c1-4-27-19-11-14(8-9-18(19)28-12-20(25)24(2)3)10-15-13-29-22-16(21(15)26)6-5-7-17(22)23/h5-11H,4,12-13H2,1-3H3/b15-10-. The summed E-state index contributed by atoms with van der Waals surface area (Å²) in [4.78, 5) is 26.4. The van der Waals surface area contributed by atoms with Crippen molar-refractivity contribution >= 4 is 29.5 Å². The lowest BCUT2D eigenvalue weighted by molar-refractivity contribution is -0.130. The molecule has 0 unspecified atom stereocenters. The number of nitrogens with zero attached hydrogens (tertiary/aromatic N) is 1. The second kappa shape index (κ2) is 9.13. The quantitative estimate of drug-likeness (QED) is 0.666. The van der Waals surface area contributed by atoms with Gasteiger partial charge in [-0.25, -0.2) is 4.39 Å². The number of amides is 1. The molecule has 1 aliphatic rings. The molecule has 0 N–H and O–H groups in total. The van der Waals surface area contributed by atoms with E-state index in [2.05, 4.69) is 0 Å². The Balaban J connectivity index is 1.85. The fourth-order valence-corrected chi connectivity index (χ4v) is 3.84. The van der Waals surface area contributed by atoms with Crippen molar-refractivity contribution in [2.24, 2.45) is 0 Å². The summed E-state index contributed by atoms with van der Waals surface area (Å²) in [5, 5.41) is 0. The largest absolute Gasteiger partial charge is 0.490 e. The first-order valence-electron chi connectivity index (χ1n) is 9.17. The Morgan fingerprint density at radius 1 is 1.21 bits per heavy atom. The number of hydrogen-bond acceptors (Lipinski definition) is 5. The number of rotatable bonds is 6. The molecular formula is C22H22FNO4S. The van der Waals surface area contributed by atoms with E-state index >= 15 is 0 Å². The Bertz CT molecular complexity index is 971. The predicted molar refractivity (Wildman–Crippen MR) is 111 cm³/mol. The highest BCUT2D eigenvalue weighted by molar-refractivity contribution is 7.99. The van der Waals surface area contributed by atoms with Crippen LogP contribution in [0.4, 0.5) is 4.39 Å². The summed E-state index contributed by atoms with van der Waals surface area (Å²) < 4.78 is 25.1. The molecule has 0 saturated heterocycles. The summed E-state index contributed by atoms with van der Waals surface area (Å²) in [7, 11) is 3.32. The summed E-state index contributed by atoms with van der Waals surface area (Å²) in [6.45, 7) is 2.19. The molecule has 1 heterocycles. The van der Waals surface area contributed by atoms with E-state index < -0.39 is 0 Å². The molecule has 0 saturated carbocycles. The highest BCUT2D eigenvalue weighted by Gasteiger charge is 2.24. The third-order valence-electron chi connectivity index (χ3n) is 4.33. The molecule has 0 bridgehead atoms. The molecule has 0 atom stereocenters. The van der Waals surface area contributed by atoms with Gasteiger partial charge in [0.2, 0.25) is 0 Å². The number of carbonyl (C=O) groups excluding carboxylic acids is 2. The number of carbonyl (C=O) groups is 2. The number of benzene rings is 2. The summed E-state index contributed by atoms with van der Waals surface area (Å²) in [6.07, 6.45) is 1.78. The van der Waals surface area contributed by atoms with Crippen molar-refractivity contribution < 1.29 is 23.5 Å². The minimum absolute atomic E-state index is 0.0923. The van der Waals surface area contributed by atoms with Crippen molar-refractivity contribution in [1.29, 1.82) is 0 Å². The summed E-state index contributed by atoms with van der Waals surface area (Å²) >= 11 is 1.32. The number of ether oxygens (including phenoxy) is 2. The second-order valence-corrected chi connectivity index (χ2v) is 7.61. The molecule has 2 aromatic carbocycles. The lowest BCUT2D eigenvalue weighted by Gasteiger charge is -2.18. The van der Waals surface area contributed by atoms with E-state index in [-0.39, 0.29) is 24.1 Å². The Labute approximate surface area is 173 Å². The summed E-state index contributed by atoms with van der Waals surface area (Å²) in [6, 6.07) is 9.83. The smallest absolute Gasteiger partial charge is 0.259 e. The van der Waals surface area contributed by atoms with Crippen LogP contribution in [0.2, 0.25) is 0 Å². The molecule has 7 heteroatoms. The third-order valence-corrected chi connectivity index (χ3v) is 5.49. The Kier molecular flexibility index (Phi) is 6.59. The first kappa shape index (κ1) is 20.9. The van der Waals surface area contributed by atoms with E-state index in [4.69, 9.17) is 9.47 Å². The summed E-state index contributed by atoms with van der Waals surface area (Å²) in [5.74, 6) is 0.651. The fourth-order valence-electron chi connectivity index (χ4n) is 2.80. The van der Waals surface area contributed by atoms with Crippen LogP contribution in [0, 0.1) is 5.82 Å². The zero-order valence-corrected chi connectivity index (χ0v) is 17.3. The maximum Gasteiger partial charge on any atom is 0.259 e. The van der Waals surface area contributed by atoms with E-state index in [1.54, 1.807) is 50.5 Å². The van der Waals surface area contributed by atoms with Gasteiger partial charge in [-0.3, -0.25) is 9.59 Å². The Hall–Kier alpha value is -2.80. The number of Topliss-reactive ketones (excluding diaryl/α,β-unsaturated/α-hetero) is 1. The number of likely N-dealkylation sites (N-methyl/N-ethyl adjacent to an activating group) is 1. The Morgan fingerprint density at radius 3 is 2.72 bits per heavy atom. The Morgan fingerprint density at radius 2 is 2.00 bits per heavy atom. The monoisotopic (exact) mass is 415 g/mol. The van der Waals surface area contributed by atoms with Gasteiger partial charge in [0, 0.05) is 31.0 Å². The first-order chi connectivity index (χ1) is 13.9. The first-order valence-corrected chi connectivity index (χ1v) is 10.2. The van der Waals surface area contributed by atoms with E-state index in [0.717, 1.165) is 5.56 Å². The molecule has 1 amide bonds. The normalized spacial score (nSPS) is 14.5. The van der Waals surface area contributed by atoms with Crippen LogP contribution in [0.25, 0.3) is 6.08 Å². The minimum atomic E-state index is -0.368. The van der Waals surface area contributed by atoms with Crippen LogP contribution in [0.3, 0.4) is 0 Å². The van der Waals surface area contributed by atoms with Gasteiger partial charge in [-0.05, 0) is 42.8 Å². The van der Waals surface area contributed by atoms with Crippen molar-refractivity contribution in [3.05, 3.63) is 58.9 Å². The van der Waals surface area contributed by atoms with Crippen molar-refractivity contribution in [3.63, 3.8) is 0 Å². The van der Waals surface area contributed by atoms with Gasteiger partial charge in [0.05, 0.1) is 11.5 Å². The predicted octanol–water partition coefficient (Wildman–Crippen LogP) is 4.06. The van der Waals surface area contributed by atoms with Gasteiger partial charge in [0.25, 0.3) is 5.91 Å². The molecule has 0 fully saturated rings. The molecule has 0 radical (unpaired) electrons. The molecule has 152 valence electrons. The van der Waals surface area contributed by atoms with Gasteiger partial charge in [0.1, 0.15) is 5.82 Å². The molecule has 3 rings (SSSR count). The van der Waals surface area contributed by atoms with Crippen molar-refractivity contribution in [2.45, 2.75) is 11.8 Å². The van der Waals surface area contributed by atoms with Crippen molar-refractivity contribution in [1.82, 2.24) is 4.90 Å². The lowest BCUT2D eigenvalue weighted by atomic mass is 10.0. The zero-order valence-electron chi connectivity index (χ0n) is 16.5. The van der Waals surface area contributed by atoms with Gasteiger partial charge in [-0.15, -0.1) is 11.8 Å². The van der Waals surface area contributed by atoms with Crippen LogP contribution in [-0.4, -0.2) is 49.7 Å². The maximum absolute atomic E-state index is 13.9. The minimum Gasteiger partial charge on any atom is -0.490 e. The van der Waals surface area contributed by atoms with Gasteiger partial charge in [0.15, 0.2) is 23.9 Å². The average molecular weight is 415 g/mol. The number of hydrogen-bond donors (Lipinski definition) is 0. The number of halogens is 1. The SMILES string of the molecule is CCOc1cc(/C=C2/CSc3c(F)cccc3C2=O)ccc1OCC(=O)N(C)C. The van der Waals surface area contributed by atoms with E-state index in [0.29, 0.717) is 39.9 Å². The van der Waals surface area contributed by atoms with E-state index in [1.807, 2.05) is 6.92 Å². The van der Waals surface area contributed by atoms with E-state index in [9.17, 15) is 14.0 Å². The van der Waals surface area contributed by atoms with Crippen LogP contribution >= 0.6 is 11.8 Å². The highest BCUT2D eigenvalue weighted by atomic mass is 32.2. The number of ketones is 1. The highest BCUT2D eigenvalue weighted by Crippen LogP contribution is 2.36. The number of thioether (sulfide) groups is 1. The van der Waals surface area contributed by atoms with Crippen molar-refractivity contribution in [3.8, 4) is 11.5 Å². The fraction of sp³-hybridized carbons (Fsp3) is 0.273. The zero-order chi connectivity index (χ0) is 21.0. The molecular weight excluding hydrogens is 393 g/mol. The van der Waals surface area contributed by atoms with Crippen LogP contribution in [0.15, 0.2) is 46.9 Å². The lowest BCUT2D eigenvalue weighted by Crippen LogP contribution is -2.27. The molecule has 2 aromatic rings. The van der Waals surface area contributed by atoms with Gasteiger partial charge in [-0.1, -0.05) is 12.1 Å². The van der Waals surface area contributed by atoms with Crippen LogP contribution in [-0.2, 0) is 4.79 Å². The molecule has 29 heavy (non-hydrogen) atoms. The van der Waals surface area contributed by atoms with Gasteiger partial charge < -0.3 is 14.4 Å². The topological polar surface area (TPSA) is 55.8 Å². The maximum atomic E-state index is 13.9. The molecule has 5 nitrogen and oxygen atoms in total. The van der Waals surface area contributed by atoms with E-state index in [1.165, 1.54) is 22.7 Å². The summed E-state index contributed by atoms with van der Waals surface area (Å²) in [5.41, 5.74) is 1.75. The van der Waals surface area contributed by atoms with Crippen LogP contribution < -0.4 is 9.47 Å². The average Bonchev–Trinajstić information content (AvgIpc) is 2.70. The second-order valence-electron chi connectivity index (χ2n) is 6.62.